The van der Waals surface area contributed by atoms with Gasteiger partial charge in [0.2, 0.25) is 0 Å². The molecule has 1 heteroatoms. The number of Topliss-reactive ketones (excluding diaryl/α,β-unsaturated/α-hetero) is 1. The molecule has 0 atom stereocenters. The number of unbranched alkanes of at least 4 members (excludes halogenated alkanes) is 6. The summed E-state index contributed by atoms with van der Waals surface area (Å²) >= 11 is 0. The van der Waals surface area contributed by atoms with Crippen LogP contribution in [-0.4, -0.2) is 5.78 Å². The summed E-state index contributed by atoms with van der Waals surface area (Å²) in [5, 5.41) is 0. The fourth-order valence-corrected chi connectivity index (χ4v) is 4.79. The van der Waals surface area contributed by atoms with Gasteiger partial charge in [-0.15, -0.1) is 0 Å². The molecule has 1 nitrogen and oxygen atoms in total. The van der Waals surface area contributed by atoms with E-state index < -0.39 is 0 Å². The third-order valence-corrected chi connectivity index (χ3v) is 6.45. The molecule has 0 saturated carbocycles. The van der Waals surface area contributed by atoms with Crippen molar-refractivity contribution >= 4 is 5.78 Å². The molecule has 0 spiro atoms. The Labute approximate surface area is 185 Å². The summed E-state index contributed by atoms with van der Waals surface area (Å²) < 4.78 is 0. The Balaban J connectivity index is 1.90. The third kappa shape index (κ3) is 7.74. The maximum atomic E-state index is 12.3. The van der Waals surface area contributed by atoms with Gasteiger partial charge in [0.15, 0.2) is 0 Å². The first-order valence-corrected chi connectivity index (χ1v) is 12.4. The van der Waals surface area contributed by atoms with E-state index in [4.69, 9.17) is 0 Å². The van der Waals surface area contributed by atoms with Gasteiger partial charge in [-0.3, -0.25) is 4.79 Å². The summed E-state index contributed by atoms with van der Waals surface area (Å²) in [6.07, 6.45) is 14.6. The molecule has 0 N–H and O–H groups in total. The Morgan fingerprint density at radius 2 is 1.10 bits per heavy atom. The molecule has 0 radical (unpaired) electrons. The van der Waals surface area contributed by atoms with Crippen molar-refractivity contribution in [2.75, 3.05) is 0 Å². The Bertz CT molecular complexity index is 649. The van der Waals surface area contributed by atoms with Crippen molar-refractivity contribution in [1.82, 2.24) is 0 Å². The Morgan fingerprint density at radius 3 is 1.63 bits per heavy atom. The van der Waals surface area contributed by atoms with Gasteiger partial charge in [-0.1, -0.05) is 119 Å². The van der Waals surface area contributed by atoms with Crippen molar-refractivity contribution in [2.45, 2.75) is 103 Å². The standard InChI is InChI=1S/C29H42O/c1-3-5-6-7-8-15-22-28(30)23-16-17-25-29(24-4-2,26-18-11-9-12-19-26)27-20-13-10-14-21-27/h9-14,18-21H,3-8,15-17,22-25H2,1-2H3. The quantitative estimate of drug-likeness (QED) is 0.255. The van der Waals surface area contributed by atoms with Crippen LogP contribution in [0.4, 0.5) is 0 Å². The largest absolute Gasteiger partial charge is 0.300 e. The Hall–Kier alpha value is -1.89. The Kier molecular flexibility index (Phi) is 11.5. The van der Waals surface area contributed by atoms with Gasteiger partial charge in [-0.05, 0) is 36.8 Å². The minimum atomic E-state index is 0.0552. The molecule has 0 aliphatic rings. The molecule has 0 unspecified atom stereocenters. The smallest absolute Gasteiger partial charge is 0.132 e. The summed E-state index contributed by atoms with van der Waals surface area (Å²) in [6, 6.07) is 22.0. The predicted molar refractivity (Wildman–Crippen MR) is 130 cm³/mol. The number of rotatable bonds is 16. The lowest BCUT2D eigenvalue weighted by Crippen LogP contribution is -2.27. The molecule has 0 amide bonds. The average Bonchev–Trinajstić information content (AvgIpc) is 2.79. The highest BCUT2D eigenvalue weighted by Crippen LogP contribution is 2.41. The van der Waals surface area contributed by atoms with Crippen molar-refractivity contribution in [2.24, 2.45) is 0 Å². The fourth-order valence-electron chi connectivity index (χ4n) is 4.79. The normalized spacial score (nSPS) is 11.5. The highest BCUT2D eigenvalue weighted by atomic mass is 16.1. The van der Waals surface area contributed by atoms with Gasteiger partial charge in [-0.2, -0.15) is 0 Å². The van der Waals surface area contributed by atoms with Crippen molar-refractivity contribution in [3.05, 3.63) is 71.8 Å². The first kappa shape index (κ1) is 24.4. The highest BCUT2D eigenvalue weighted by Gasteiger charge is 2.32. The molecule has 2 aromatic carbocycles. The molecular weight excluding hydrogens is 364 g/mol. The van der Waals surface area contributed by atoms with E-state index in [2.05, 4.69) is 74.5 Å². The van der Waals surface area contributed by atoms with Gasteiger partial charge >= 0.3 is 0 Å². The van der Waals surface area contributed by atoms with Crippen molar-refractivity contribution in [3.8, 4) is 0 Å². The molecule has 30 heavy (non-hydrogen) atoms. The van der Waals surface area contributed by atoms with Crippen LogP contribution in [-0.2, 0) is 10.2 Å². The van der Waals surface area contributed by atoms with Gasteiger partial charge in [0.1, 0.15) is 5.78 Å². The van der Waals surface area contributed by atoms with Crippen LogP contribution in [0, 0.1) is 0 Å². The van der Waals surface area contributed by atoms with Crippen molar-refractivity contribution in [1.29, 1.82) is 0 Å². The third-order valence-electron chi connectivity index (χ3n) is 6.45. The minimum Gasteiger partial charge on any atom is -0.300 e. The monoisotopic (exact) mass is 406 g/mol. The van der Waals surface area contributed by atoms with Crippen LogP contribution < -0.4 is 0 Å². The molecule has 164 valence electrons. The molecule has 0 aromatic heterocycles. The first-order chi connectivity index (χ1) is 14.7. The molecule has 0 bridgehead atoms. The summed E-state index contributed by atoms with van der Waals surface area (Å²) in [7, 11) is 0. The van der Waals surface area contributed by atoms with E-state index in [-0.39, 0.29) is 5.41 Å². The number of hydrogen-bond donors (Lipinski definition) is 0. The van der Waals surface area contributed by atoms with Crippen LogP contribution in [0.2, 0.25) is 0 Å². The maximum absolute atomic E-state index is 12.3. The average molecular weight is 407 g/mol. The van der Waals surface area contributed by atoms with E-state index in [0.29, 0.717) is 5.78 Å². The number of carbonyl (C=O) groups excluding carboxylic acids is 1. The van der Waals surface area contributed by atoms with Crippen LogP contribution in [0.1, 0.15) is 108 Å². The molecule has 0 heterocycles. The van der Waals surface area contributed by atoms with Gasteiger partial charge in [0.05, 0.1) is 0 Å². The topological polar surface area (TPSA) is 17.1 Å². The molecule has 0 saturated heterocycles. The zero-order chi connectivity index (χ0) is 21.5. The summed E-state index contributed by atoms with van der Waals surface area (Å²) in [5.74, 6) is 0.464. The molecule has 0 aliphatic carbocycles. The lowest BCUT2D eigenvalue weighted by molar-refractivity contribution is -0.119. The number of ketones is 1. The molecule has 2 rings (SSSR count). The second-order valence-corrected chi connectivity index (χ2v) is 8.83. The van der Waals surface area contributed by atoms with E-state index in [9.17, 15) is 4.79 Å². The van der Waals surface area contributed by atoms with Crippen LogP contribution in [0.25, 0.3) is 0 Å². The predicted octanol–water partition coefficient (Wildman–Crippen LogP) is 8.65. The van der Waals surface area contributed by atoms with Crippen molar-refractivity contribution in [3.63, 3.8) is 0 Å². The minimum absolute atomic E-state index is 0.0552. The van der Waals surface area contributed by atoms with Gasteiger partial charge in [0.25, 0.3) is 0 Å². The van der Waals surface area contributed by atoms with E-state index in [1.165, 1.54) is 43.2 Å². The van der Waals surface area contributed by atoms with Crippen LogP contribution in [0.3, 0.4) is 0 Å². The second-order valence-electron chi connectivity index (χ2n) is 8.83. The van der Waals surface area contributed by atoms with E-state index >= 15 is 0 Å². The van der Waals surface area contributed by atoms with E-state index in [1.54, 1.807) is 0 Å². The molecular formula is C29H42O. The van der Waals surface area contributed by atoms with Crippen LogP contribution >= 0.6 is 0 Å². The second kappa shape index (κ2) is 14.2. The lowest BCUT2D eigenvalue weighted by atomic mass is 9.68. The van der Waals surface area contributed by atoms with E-state index in [1.807, 2.05) is 0 Å². The Morgan fingerprint density at radius 1 is 0.600 bits per heavy atom. The molecule has 0 fully saturated rings. The fraction of sp³-hybridized carbons (Fsp3) is 0.552. The summed E-state index contributed by atoms with van der Waals surface area (Å²) in [6.45, 7) is 4.53. The summed E-state index contributed by atoms with van der Waals surface area (Å²) in [4.78, 5) is 12.3. The first-order valence-electron chi connectivity index (χ1n) is 12.4. The number of hydrogen-bond acceptors (Lipinski definition) is 1. The van der Waals surface area contributed by atoms with Gasteiger partial charge in [-0.25, -0.2) is 0 Å². The highest BCUT2D eigenvalue weighted by molar-refractivity contribution is 5.78. The SMILES string of the molecule is CCCCCCCCC(=O)CCCCC(CCC)(c1ccccc1)c1ccccc1. The van der Waals surface area contributed by atoms with Gasteiger partial charge in [0, 0.05) is 18.3 Å². The summed E-state index contributed by atoms with van der Waals surface area (Å²) in [5.41, 5.74) is 2.88. The van der Waals surface area contributed by atoms with Crippen molar-refractivity contribution < 1.29 is 4.79 Å². The number of carbonyl (C=O) groups is 1. The zero-order valence-electron chi connectivity index (χ0n) is 19.4. The molecule has 0 aliphatic heterocycles. The lowest BCUT2D eigenvalue weighted by Gasteiger charge is -2.35. The van der Waals surface area contributed by atoms with Crippen LogP contribution in [0.5, 0.6) is 0 Å². The maximum Gasteiger partial charge on any atom is 0.132 e. The van der Waals surface area contributed by atoms with Crippen LogP contribution in [0.15, 0.2) is 60.7 Å². The molecule has 2 aromatic rings. The zero-order valence-corrected chi connectivity index (χ0v) is 19.4. The van der Waals surface area contributed by atoms with E-state index in [0.717, 1.165) is 51.4 Å². The van der Waals surface area contributed by atoms with Gasteiger partial charge < -0.3 is 0 Å². The number of benzene rings is 2.